The lowest BCUT2D eigenvalue weighted by Gasteiger charge is -2.31. The van der Waals surface area contributed by atoms with Crippen LogP contribution in [0.2, 0.25) is 0 Å². The number of nitrogens with zero attached hydrogens (tertiary/aromatic N) is 1. The number of carbonyl (C=O) groups excluding carboxylic acids is 3. The van der Waals surface area contributed by atoms with E-state index in [1.165, 1.54) is 0 Å². The number of amides is 3. The minimum absolute atomic E-state index is 0.0124. The van der Waals surface area contributed by atoms with Crippen molar-refractivity contribution in [2.45, 2.75) is 58.5 Å². The molecule has 3 atom stereocenters. The molecule has 3 unspecified atom stereocenters. The fourth-order valence-corrected chi connectivity index (χ4v) is 2.96. The molecule has 136 valence electrons. The molecule has 24 heavy (non-hydrogen) atoms. The third-order valence-electron chi connectivity index (χ3n) is 4.83. The van der Waals surface area contributed by atoms with E-state index in [1.807, 2.05) is 13.8 Å². The highest BCUT2D eigenvalue weighted by Gasteiger charge is 2.48. The molecule has 1 aliphatic carbocycles. The van der Waals surface area contributed by atoms with Crippen LogP contribution < -0.4 is 10.6 Å². The van der Waals surface area contributed by atoms with Crippen molar-refractivity contribution in [3.05, 3.63) is 0 Å². The second kappa shape index (κ2) is 8.35. The van der Waals surface area contributed by atoms with Crippen molar-refractivity contribution in [2.75, 3.05) is 19.7 Å². The van der Waals surface area contributed by atoms with Gasteiger partial charge in [0.25, 0.3) is 0 Å². The van der Waals surface area contributed by atoms with E-state index in [-0.39, 0.29) is 41.8 Å². The van der Waals surface area contributed by atoms with Crippen LogP contribution in [0.25, 0.3) is 0 Å². The van der Waals surface area contributed by atoms with E-state index in [4.69, 9.17) is 4.74 Å². The van der Waals surface area contributed by atoms with Gasteiger partial charge in [-0.05, 0) is 39.5 Å². The van der Waals surface area contributed by atoms with Crippen LogP contribution >= 0.6 is 0 Å². The number of hydrogen-bond donors (Lipinski definition) is 2. The molecule has 2 rings (SSSR count). The Kier molecular flexibility index (Phi) is 6.45. The molecule has 0 aromatic heterocycles. The standard InChI is InChI=1S/C17H29N3O4/c1-4-11(3)18-15(21)13-10-14(13)16(22)19-12-6-8-20(9-7-12)17(23)24-5-2/h11-14H,4-10H2,1-3H3,(H,18,21)(H,19,22). The zero-order valence-electron chi connectivity index (χ0n) is 14.8. The first-order valence-electron chi connectivity index (χ1n) is 8.98. The van der Waals surface area contributed by atoms with Crippen molar-refractivity contribution in [1.29, 1.82) is 0 Å². The van der Waals surface area contributed by atoms with Gasteiger partial charge in [-0.25, -0.2) is 4.79 Å². The Balaban J connectivity index is 1.69. The molecular weight excluding hydrogens is 310 g/mol. The molecule has 0 radical (unpaired) electrons. The number of nitrogens with one attached hydrogen (secondary N) is 2. The maximum absolute atomic E-state index is 12.3. The average Bonchev–Trinajstić information content (AvgIpc) is 3.36. The molecule has 1 saturated carbocycles. The van der Waals surface area contributed by atoms with Crippen LogP contribution in [-0.2, 0) is 14.3 Å². The lowest BCUT2D eigenvalue weighted by Crippen LogP contribution is -2.47. The van der Waals surface area contributed by atoms with Crippen molar-refractivity contribution in [3.63, 3.8) is 0 Å². The summed E-state index contributed by atoms with van der Waals surface area (Å²) >= 11 is 0. The van der Waals surface area contributed by atoms with E-state index in [9.17, 15) is 14.4 Å². The van der Waals surface area contributed by atoms with Crippen LogP contribution in [0.5, 0.6) is 0 Å². The summed E-state index contributed by atoms with van der Waals surface area (Å²) < 4.78 is 4.98. The normalized spacial score (nSPS) is 24.9. The first kappa shape index (κ1) is 18.5. The Morgan fingerprint density at radius 3 is 2.33 bits per heavy atom. The largest absolute Gasteiger partial charge is 0.450 e. The van der Waals surface area contributed by atoms with Gasteiger partial charge in [0.05, 0.1) is 18.4 Å². The summed E-state index contributed by atoms with van der Waals surface area (Å²) in [6.07, 6.45) is 2.68. The minimum Gasteiger partial charge on any atom is -0.450 e. The monoisotopic (exact) mass is 339 g/mol. The fourth-order valence-electron chi connectivity index (χ4n) is 2.96. The molecule has 1 aliphatic heterocycles. The average molecular weight is 339 g/mol. The quantitative estimate of drug-likeness (QED) is 0.763. The maximum Gasteiger partial charge on any atom is 0.409 e. The number of hydrogen-bond acceptors (Lipinski definition) is 4. The Bertz CT molecular complexity index is 474. The number of rotatable bonds is 6. The number of ether oxygens (including phenoxy) is 1. The highest BCUT2D eigenvalue weighted by atomic mass is 16.6. The summed E-state index contributed by atoms with van der Waals surface area (Å²) in [5.41, 5.74) is 0. The highest BCUT2D eigenvalue weighted by molar-refractivity contribution is 5.92. The smallest absolute Gasteiger partial charge is 0.409 e. The van der Waals surface area contributed by atoms with Gasteiger partial charge in [-0.1, -0.05) is 6.92 Å². The second-order valence-electron chi connectivity index (χ2n) is 6.74. The van der Waals surface area contributed by atoms with Gasteiger partial charge in [0.1, 0.15) is 0 Å². The second-order valence-corrected chi connectivity index (χ2v) is 6.74. The van der Waals surface area contributed by atoms with E-state index >= 15 is 0 Å². The molecule has 0 aromatic carbocycles. The molecule has 3 amide bonds. The molecule has 7 heteroatoms. The number of piperidine rings is 1. The third-order valence-corrected chi connectivity index (χ3v) is 4.83. The van der Waals surface area contributed by atoms with Gasteiger partial charge in [-0.2, -0.15) is 0 Å². The summed E-state index contributed by atoms with van der Waals surface area (Å²) in [4.78, 5) is 37.6. The summed E-state index contributed by atoms with van der Waals surface area (Å²) in [6.45, 7) is 7.32. The van der Waals surface area contributed by atoms with Gasteiger partial charge < -0.3 is 20.3 Å². The van der Waals surface area contributed by atoms with Gasteiger partial charge in [-0.15, -0.1) is 0 Å². The number of likely N-dealkylation sites (tertiary alicyclic amines) is 1. The first-order valence-corrected chi connectivity index (χ1v) is 8.98. The molecular formula is C17H29N3O4. The zero-order chi connectivity index (χ0) is 17.7. The molecule has 0 bridgehead atoms. The highest BCUT2D eigenvalue weighted by Crippen LogP contribution is 2.39. The van der Waals surface area contributed by atoms with Gasteiger partial charge >= 0.3 is 6.09 Å². The molecule has 0 aromatic rings. The zero-order valence-corrected chi connectivity index (χ0v) is 14.8. The Morgan fingerprint density at radius 2 is 1.75 bits per heavy atom. The lowest BCUT2D eigenvalue weighted by atomic mass is 10.1. The first-order chi connectivity index (χ1) is 11.5. The lowest BCUT2D eigenvalue weighted by molar-refractivity contribution is -0.128. The molecule has 2 aliphatic rings. The Labute approximate surface area is 143 Å². The van der Waals surface area contributed by atoms with E-state index in [1.54, 1.807) is 11.8 Å². The van der Waals surface area contributed by atoms with Gasteiger partial charge in [-0.3, -0.25) is 9.59 Å². The van der Waals surface area contributed by atoms with Crippen molar-refractivity contribution < 1.29 is 19.1 Å². The summed E-state index contributed by atoms with van der Waals surface area (Å²) in [5, 5.41) is 5.96. The third kappa shape index (κ3) is 4.85. The molecule has 0 spiro atoms. The van der Waals surface area contributed by atoms with E-state index in [0.717, 1.165) is 19.3 Å². The van der Waals surface area contributed by atoms with Gasteiger partial charge in [0, 0.05) is 25.2 Å². The Hall–Kier alpha value is -1.79. The molecule has 2 fully saturated rings. The molecule has 1 saturated heterocycles. The molecule has 7 nitrogen and oxygen atoms in total. The topological polar surface area (TPSA) is 87.7 Å². The van der Waals surface area contributed by atoms with Crippen LogP contribution in [0.15, 0.2) is 0 Å². The Morgan fingerprint density at radius 1 is 1.12 bits per heavy atom. The summed E-state index contributed by atoms with van der Waals surface area (Å²) in [7, 11) is 0. The van der Waals surface area contributed by atoms with E-state index in [0.29, 0.717) is 26.1 Å². The maximum atomic E-state index is 12.3. The predicted octanol–water partition coefficient (Wildman–Crippen LogP) is 1.27. The predicted molar refractivity (Wildman–Crippen MR) is 89.3 cm³/mol. The van der Waals surface area contributed by atoms with Crippen LogP contribution in [0.1, 0.15) is 46.5 Å². The van der Waals surface area contributed by atoms with Crippen molar-refractivity contribution in [3.8, 4) is 0 Å². The summed E-state index contributed by atoms with van der Waals surface area (Å²) in [5.74, 6) is -0.425. The van der Waals surface area contributed by atoms with E-state index < -0.39 is 0 Å². The van der Waals surface area contributed by atoms with Crippen LogP contribution in [-0.4, -0.2) is 54.6 Å². The van der Waals surface area contributed by atoms with Gasteiger partial charge in [0.15, 0.2) is 0 Å². The summed E-state index contributed by atoms with van der Waals surface area (Å²) in [6, 6.07) is 0.219. The molecule has 2 N–H and O–H groups in total. The van der Waals surface area contributed by atoms with Crippen LogP contribution in [0.4, 0.5) is 4.79 Å². The van der Waals surface area contributed by atoms with E-state index in [2.05, 4.69) is 10.6 Å². The minimum atomic E-state index is -0.286. The van der Waals surface area contributed by atoms with Crippen molar-refractivity contribution >= 4 is 17.9 Å². The van der Waals surface area contributed by atoms with Crippen LogP contribution in [0.3, 0.4) is 0 Å². The van der Waals surface area contributed by atoms with Gasteiger partial charge in [0.2, 0.25) is 11.8 Å². The number of carbonyl (C=O) groups is 3. The molecule has 1 heterocycles. The fraction of sp³-hybridized carbons (Fsp3) is 0.824. The van der Waals surface area contributed by atoms with Crippen molar-refractivity contribution in [1.82, 2.24) is 15.5 Å². The van der Waals surface area contributed by atoms with Crippen LogP contribution in [0, 0.1) is 11.8 Å². The van der Waals surface area contributed by atoms with Crippen molar-refractivity contribution in [2.24, 2.45) is 11.8 Å². The SMILES string of the molecule is CCOC(=O)N1CCC(NC(=O)C2CC2C(=O)NC(C)CC)CC1.